The van der Waals surface area contributed by atoms with Gasteiger partial charge in [0.15, 0.2) is 5.78 Å². The van der Waals surface area contributed by atoms with Crippen LogP contribution in [0.15, 0.2) is 48.5 Å². The highest BCUT2D eigenvalue weighted by Crippen LogP contribution is 2.20. The van der Waals surface area contributed by atoms with Crippen LogP contribution in [0.1, 0.15) is 22.8 Å². The molecule has 0 aliphatic carbocycles. The van der Waals surface area contributed by atoms with Crippen molar-refractivity contribution in [1.82, 2.24) is 0 Å². The summed E-state index contributed by atoms with van der Waals surface area (Å²) in [6.07, 6.45) is 0.549. The normalized spacial score (nSPS) is 12.2. The van der Waals surface area contributed by atoms with Crippen LogP contribution in [-0.4, -0.2) is 5.78 Å². The van der Waals surface area contributed by atoms with Crippen LogP contribution in [0.5, 0.6) is 0 Å². The number of Topliss-reactive ketones (excluding diaryl/α,β-unsaturated/α-hetero) is 1. The summed E-state index contributed by atoms with van der Waals surface area (Å²) >= 11 is 5.73. The molecule has 0 radical (unpaired) electrons. The lowest BCUT2D eigenvalue weighted by atomic mass is 9.93. The van der Waals surface area contributed by atoms with Gasteiger partial charge < -0.3 is 0 Å². The lowest BCUT2D eigenvalue weighted by Gasteiger charge is -2.11. The van der Waals surface area contributed by atoms with Crippen LogP contribution in [0.2, 0.25) is 5.02 Å². The van der Waals surface area contributed by atoms with Crippen molar-refractivity contribution in [1.29, 1.82) is 0 Å². The van der Waals surface area contributed by atoms with E-state index in [1.54, 1.807) is 24.3 Å². The third kappa shape index (κ3) is 3.42. The largest absolute Gasteiger partial charge is 0.294 e. The molecule has 0 saturated heterocycles. The van der Waals surface area contributed by atoms with Gasteiger partial charge in [-0.3, -0.25) is 4.79 Å². The Kier molecular flexibility index (Phi) is 4.33. The third-order valence-corrected chi connectivity index (χ3v) is 3.32. The van der Waals surface area contributed by atoms with Gasteiger partial charge in [0, 0.05) is 11.5 Å². The Morgan fingerprint density at radius 1 is 1.21 bits per heavy atom. The molecule has 3 heteroatoms. The summed E-state index contributed by atoms with van der Waals surface area (Å²) in [5.74, 6) is -0.516. The van der Waals surface area contributed by atoms with Crippen molar-refractivity contribution in [3.8, 4) is 0 Å². The van der Waals surface area contributed by atoms with E-state index in [-0.39, 0.29) is 16.7 Å². The standard InChI is InChI=1S/C16H14ClFO/c1-11(16(19)13-5-3-2-4-6-13)9-12-7-8-15(18)14(17)10-12/h2-8,10-11H,9H2,1H3. The van der Waals surface area contributed by atoms with E-state index in [0.29, 0.717) is 12.0 Å². The van der Waals surface area contributed by atoms with Gasteiger partial charge in [-0.1, -0.05) is 54.9 Å². The Labute approximate surface area is 117 Å². The zero-order chi connectivity index (χ0) is 13.8. The first-order valence-corrected chi connectivity index (χ1v) is 6.49. The van der Waals surface area contributed by atoms with E-state index in [2.05, 4.69) is 0 Å². The molecule has 98 valence electrons. The van der Waals surface area contributed by atoms with E-state index in [4.69, 9.17) is 11.6 Å². The SMILES string of the molecule is CC(Cc1ccc(F)c(Cl)c1)C(=O)c1ccccc1. The predicted octanol–water partition coefficient (Wildman–Crippen LogP) is 4.54. The Hall–Kier alpha value is -1.67. The number of hydrogen-bond donors (Lipinski definition) is 0. The molecule has 1 atom stereocenters. The van der Waals surface area contributed by atoms with E-state index >= 15 is 0 Å². The molecule has 2 aromatic rings. The molecule has 0 heterocycles. The molecule has 0 fully saturated rings. The first-order chi connectivity index (χ1) is 9.08. The van der Waals surface area contributed by atoms with Gasteiger partial charge in [0.2, 0.25) is 0 Å². The van der Waals surface area contributed by atoms with Gasteiger partial charge in [0.05, 0.1) is 5.02 Å². The van der Waals surface area contributed by atoms with Crippen LogP contribution < -0.4 is 0 Å². The van der Waals surface area contributed by atoms with Gasteiger partial charge in [0.25, 0.3) is 0 Å². The highest BCUT2D eigenvalue weighted by molar-refractivity contribution is 6.30. The smallest absolute Gasteiger partial charge is 0.165 e. The number of hydrogen-bond acceptors (Lipinski definition) is 1. The van der Waals surface area contributed by atoms with E-state index in [0.717, 1.165) is 5.56 Å². The monoisotopic (exact) mass is 276 g/mol. The fourth-order valence-electron chi connectivity index (χ4n) is 2.00. The van der Waals surface area contributed by atoms with Crippen molar-refractivity contribution in [2.45, 2.75) is 13.3 Å². The summed E-state index contributed by atoms with van der Waals surface area (Å²) in [5.41, 5.74) is 1.56. The number of carbonyl (C=O) groups excluding carboxylic acids is 1. The Bertz CT molecular complexity index is 581. The number of carbonyl (C=O) groups is 1. The minimum absolute atomic E-state index is 0.0843. The van der Waals surface area contributed by atoms with Gasteiger partial charge in [-0.05, 0) is 24.1 Å². The maximum Gasteiger partial charge on any atom is 0.165 e. The first kappa shape index (κ1) is 13.8. The molecule has 0 bridgehead atoms. The Morgan fingerprint density at radius 3 is 2.53 bits per heavy atom. The van der Waals surface area contributed by atoms with Crippen LogP contribution >= 0.6 is 11.6 Å². The van der Waals surface area contributed by atoms with Crippen LogP contribution in [0.3, 0.4) is 0 Å². The molecule has 2 rings (SSSR count). The molecule has 0 aliphatic heterocycles. The summed E-state index contributed by atoms with van der Waals surface area (Å²) in [5, 5.41) is 0.0943. The van der Waals surface area contributed by atoms with Gasteiger partial charge in [-0.2, -0.15) is 0 Å². The summed E-state index contributed by atoms with van der Waals surface area (Å²) in [4.78, 5) is 12.2. The topological polar surface area (TPSA) is 17.1 Å². The Morgan fingerprint density at radius 2 is 1.89 bits per heavy atom. The molecule has 0 spiro atoms. The second kappa shape index (κ2) is 5.98. The number of rotatable bonds is 4. The van der Waals surface area contributed by atoms with E-state index in [1.165, 1.54) is 6.07 Å². The van der Waals surface area contributed by atoms with Gasteiger partial charge in [-0.25, -0.2) is 4.39 Å². The van der Waals surface area contributed by atoms with Crippen molar-refractivity contribution in [3.05, 3.63) is 70.5 Å². The van der Waals surface area contributed by atoms with Gasteiger partial charge >= 0.3 is 0 Å². The number of ketones is 1. The molecule has 0 saturated carbocycles. The minimum Gasteiger partial charge on any atom is -0.294 e. The van der Waals surface area contributed by atoms with Crippen molar-refractivity contribution < 1.29 is 9.18 Å². The van der Waals surface area contributed by atoms with Crippen LogP contribution in [-0.2, 0) is 6.42 Å². The molecule has 0 amide bonds. The third-order valence-electron chi connectivity index (χ3n) is 3.03. The second-order valence-electron chi connectivity index (χ2n) is 4.58. The van der Waals surface area contributed by atoms with Crippen molar-refractivity contribution >= 4 is 17.4 Å². The maximum absolute atomic E-state index is 13.1. The predicted molar refractivity (Wildman–Crippen MR) is 75.1 cm³/mol. The highest BCUT2D eigenvalue weighted by atomic mass is 35.5. The van der Waals surface area contributed by atoms with Gasteiger partial charge in [0.1, 0.15) is 5.82 Å². The average Bonchev–Trinajstić information content (AvgIpc) is 2.43. The van der Waals surface area contributed by atoms with E-state index < -0.39 is 5.82 Å². The quantitative estimate of drug-likeness (QED) is 0.749. The van der Waals surface area contributed by atoms with Crippen molar-refractivity contribution in [3.63, 3.8) is 0 Å². The molecule has 0 aliphatic rings. The van der Waals surface area contributed by atoms with Crippen molar-refractivity contribution in [2.24, 2.45) is 5.92 Å². The molecule has 19 heavy (non-hydrogen) atoms. The summed E-state index contributed by atoms with van der Waals surface area (Å²) in [6.45, 7) is 1.87. The van der Waals surface area contributed by atoms with Crippen LogP contribution in [0.25, 0.3) is 0 Å². The van der Waals surface area contributed by atoms with E-state index in [9.17, 15) is 9.18 Å². The summed E-state index contributed by atoms with van der Waals surface area (Å²) in [6, 6.07) is 13.7. The second-order valence-corrected chi connectivity index (χ2v) is 4.99. The van der Waals surface area contributed by atoms with Crippen molar-refractivity contribution in [2.75, 3.05) is 0 Å². The fraction of sp³-hybridized carbons (Fsp3) is 0.188. The zero-order valence-electron chi connectivity index (χ0n) is 10.6. The highest BCUT2D eigenvalue weighted by Gasteiger charge is 2.15. The molecular formula is C16H14ClFO. The molecule has 0 aromatic heterocycles. The van der Waals surface area contributed by atoms with Crippen LogP contribution in [0.4, 0.5) is 4.39 Å². The number of halogens is 2. The zero-order valence-corrected chi connectivity index (χ0v) is 11.3. The molecule has 2 aromatic carbocycles. The Balaban J connectivity index is 2.10. The van der Waals surface area contributed by atoms with Crippen LogP contribution in [0, 0.1) is 11.7 Å². The van der Waals surface area contributed by atoms with Gasteiger partial charge in [-0.15, -0.1) is 0 Å². The maximum atomic E-state index is 13.1. The molecule has 0 N–H and O–H groups in total. The first-order valence-electron chi connectivity index (χ1n) is 6.11. The summed E-state index contributed by atoms with van der Waals surface area (Å²) < 4.78 is 13.1. The lowest BCUT2D eigenvalue weighted by Crippen LogP contribution is -2.13. The minimum atomic E-state index is -0.438. The lowest BCUT2D eigenvalue weighted by molar-refractivity contribution is 0.0929. The summed E-state index contributed by atoms with van der Waals surface area (Å²) in [7, 11) is 0. The van der Waals surface area contributed by atoms with E-state index in [1.807, 2.05) is 25.1 Å². The number of benzene rings is 2. The fourth-order valence-corrected chi connectivity index (χ4v) is 2.20. The molecule has 1 unspecified atom stereocenters. The average molecular weight is 277 g/mol. The molecule has 1 nitrogen and oxygen atoms in total. The molecular weight excluding hydrogens is 263 g/mol.